The van der Waals surface area contributed by atoms with Crippen molar-refractivity contribution in [3.63, 3.8) is 0 Å². The van der Waals surface area contributed by atoms with Gasteiger partial charge < -0.3 is 13.9 Å². The second-order valence-corrected chi connectivity index (χ2v) is 6.81. The SMILES string of the molecule is O=C(c1cc(C2CC2)on1)N1CCCC1c1nc(C2CC2)no1. The summed E-state index contributed by atoms with van der Waals surface area (Å²) in [4.78, 5) is 19.1. The molecule has 7 nitrogen and oxygen atoms in total. The summed E-state index contributed by atoms with van der Waals surface area (Å²) >= 11 is 0. The van der Waals surface area contributed by atoms with Crippen molar-refractivity contribution in [1.82, 2.24) is 20.2 Å². The molecule has 3 heterocycles. The van der Waals surface area contributed by atoms with E-state index in [-0.39, 0.29) is 11.9 Å². The van der Waals surface area contributed by atoms with Gasteiger partial charge >= 0.3 is 0 Å². The van der Waals surface area contributed by atoms with E-state index in [4.69, 9.17) is 9.05 Å². The quantitative estimate of drug-likeness (QED) is 0.862. The van der Waals surface area contributed by atoms with Crippen molar-refractivity contribution in [2.75, 3.05) is 6.54 Å². The van der Waals surface area contributed by atoms with Gasteiger partial charge in [-0.05, 0) is 38.5 Å². The minimum absolute atomic E-state index is 0.102. The van der Waals surface area contributed by atoms with Crippen molar-refractivity contribution in [3.05, 3.63) is 29.2 Å². The van der Waals surface area contributed by atoms with Gasteiger partial charge in [-0.15, -0.1) is 0 Å². The molecule has 2 saturated carbocycles. The monoisotopic (exact) mass is 314 g/mol. The molecule has 0 aromatic carbocycles. The summed E-state index contributed by atoms with van der Waals surface area (Å²) in [5.74, 6) is 2.98. The molecule has 120 valence electrons. The van der Waals surface area contributed by atoms with Gasteiger partial charge in [-0.1, -0.05) is 10.3 Å². The van der Waals surface area contributed by atoms with Crippen LogP contribution in [-0.4, -0.2) is 32.6 Å². The maximum Gasteiger partial charge on any atom is 0.276 e. The van der Waals surface area contributed by atoms with E-state index in [0.717, 1.165) is 50.1 Å². The molecule has 2 aromatic rings. The fourth-order valence-electron chi connectivity index (χ4n) is 3.25. The average Bonchev–Trinajstić information content (AvgIpc) is 3.43. The molecule has 2 aliphatic carbocycles. The molecule has 0 bridgehead atoms. The first-order chi connectivity index (χ1) is 11.3. The number of likely N-dealkylation sites (tertiary alicyclic amines) is 1. The lowest BCUT2D eigenvalue weighted by Gasteiger charge is -2.20. The van der Waals surface area contributed by atoms with E-state index < -0.39 is 0 Å². The van der Waals surface area contributed by atoms with Crippen LogP contribution in [0.4, 0.5) is 0 Å². The largest absolute Gasteiger partial charge is 0.360 e. The summed E-state index contributed by atoms with van der Waals surface area (Å²) in [6, 6.07) is 1.65. The first kappa shape index (κ1) is 13.3. The van der Waals surface area contributed by atoms with Crippen molar-refractivity contribution >= 4 is 5.91 Å². The van der Waals surface area contributed by atoms with Crippen molar-refractivity contribution in [1.29, 1.82) is 0 Å². The lowest BCUT2D eigenvalue weighted by molar-refractivity contribution is 0.0699. The number of hydrogen-bond donors (Lipinski definition) is 0. The van der Waals surface area contributed by atoms with Crippen LogP contribution in [0, 0.1) is 0 Å². The Morgan fingerprint density at radius 3 is 2.70 bits per heavy atom. The first-order valence-corrected chi connectivity index (χ1v) is 8.40. The van der Waals surface area contributed by atoms with Crippen LogP contribution >= 0.6 is 0 Å². The van der Waals surface area contributed by atoms with E-state index in [1.54, 1.807) is 11.0 Å². The van der Waals surface area contributed by atoms with Crippen LogP contribution in [0.3, 0.4) is 0 Å². The van der Waals surface area contributed by atoms with Crippen LogP contribution in [0.1, 0.15) is 84.4 Å². The van der Waals surface area contributed by atoms with Gasteiger partial charge in [0.25, 0.3) is 5.91 Å². The van der Waals surface area contributed by atoms with Crippen molar-refractivity contribution in [2.45, 2.75) is 56.4 Å². The van der Waals surface area contributed by atoms with Gasteiger partial charge in [0.2, 0.25) is 5.89 Å². The van der Waals surface area contributed by atoms with E-state index in [0.29, 0.717) is 30.0 Å². The standard InChI is InChI=1S/C16H18N4O3/c21-16(11-8-13(22-18-11)9-3-4-9)20-7-1-2-12(20)15-17-14(19-23-15)10-5-6-10/h8-10,12H,1-7H2. The highest BCUT2D eigenvalue weighted by atomic mass is 16.5. The van der Waals surface area contributed by atoms with Gasteiger partial charge in [0.15, 0.2) is 11.5 Å². The lowest BCUT2D eigenvalue weighted by Crippen LogP contribution is -2.31. The number of rotatable bonds is 4. The number of carbonyl (C=O) groups is 1. The molecule has 1 unspecified atom stereocenters. The van der Waals surface area contributed by atoms with E-state index in [1.165, 1.54) is 0 Å². The van der Waals surface area contributed by atoms with E-state index in [2.05, 4.69) is 15.3 Å². The predicted molar refractivity (Wildman–Crippen MR) is 77.8 cm³/mol. The number of aromatic nitrogens is 3. The summed E-state index contributed by atoms with van der Waals surface area (Å²) < 4.78 is 10.7. The molecule has 1 aliphatic heterocycles. The minimum Gasteiger partial charge on any atom is -0.360 e. The highest BCUT2D eigenvalue weighted by Crippen LogP contribution is 2.41. The number of amides is 1. The number of hydrogen-bond acceptors (Lipinski definition) is 6. The Balaban J connectivity index is 1.37. The maximum atomic E-state index is 12.8. The molecular weight excluding hydrogens is 296 g/mol. The molecule has 1 saturated heterocycles. The zero-order valence-corrected chi connectivity index (χ0v) is 12.8. The molecular formula is C16H18N4O3. The Morgan fingerprint density at radius 1 is 1.09 bits per heavy atom. The fourth-order valence-corrected chi connectivity index (χ4v) is 3.25. The highest BCUT2D eigenvalue weighted by molar-refractivity contribution is 5.92. The molecule has 1 amide bonds. The first-order valence-electron chi connectivity index (χ1n) is 8.40. The Kier molecular flexibility index (Phi) is 2.83. The second-order valence-electron chi connectivity index (χ2n) is 6.81. The Bertz CT molecular complexity index is 744. The summed E-state index contributed by atoms with van der Waals surface area (Å²) in [5.41, 5.74) is 0.390. The molecule has 3 aliphatic rings. The van der Waals surface area contributed by atoms with Gasteiger partial charge in [-0.3, -0.25) is 4.79 Å². The molecule has 0 N–H and O–H groups in total. The number of carbonyl (C=O) groups excluding carboxylic acids is 1. The summed E-state index contributed by atoms with van der Waals surface area (Å²) in [6.07, 6.45) is 6.31. The molecule has 3 fully saturated rings. The van der Waals surface area contributed by atoms with Crippen LogP contribution in [0.25, 0.3) is 0 Å². The fraction of sp³-hybridized carbons (Fsp3) is 0.625. The van der Waals surface area contributed by atoms with Crippen LogP contribution in [-0.2, 0) is 0 Å². The van der Waals surface area contributed by atoms with Crippen LogP contribution < -0.4 is 0 Å². The molecule has 5 rings (SSSR count). The molecule has 2 aromatic heterocycles. The Morgan fingerprint density at radius 2 is 1.91 bits per heavy atom. The minimum atomic E-state index is -0.136. The maximum absolute atomic E-state index is 12.8. The smallest absolute Gasteiger partial charge is 0.276 e. The average molecular weight is 314 g/mol. The van der Waals surface area contributed by atoms with Crippen molar-refractivity contribution < 1.29 is 13.8 Å². The van der Waals surface area contributed by atoms with Gasteiger partial charge in [0.1, 0.15) is 11.8 Å². The van der Waals surface area contributed by atoms with Crippen molar-refractivity contribution in [3.8, 4) is 0 Å². The predicted octanol–water partition coefficient (Wildman–Crippen LogP) is 2.79. The lowest BCUT2D eigenvalue weighted by atomic mass is 10.2. The van der Waals surface area contributed by atoms with E-state index in [1.807, 2.05) is 0 Å². The Hall–Kier alpha value is -2.18. The summed E-state index contributed by atoms with van der Waals surface area (Å²) in [5, 5.41) is 8.03. The van der Waals surface area contributed by atoms with E-state index >= 15 is 0 Å². The summed E-state index contributed by atoms with van der Waals surface area (Å²) in [7, 11) is 0. The van der Waals surface area contributed by atoms with Gasteiger partial charge in [0.05, 0.1) is 0 Å². The van der Waals surface area contributed by atoms with Crippen LogP contribution in [0.5, 0.6) is 0 Å². The number of nitrogens with zero attached hydrogens (tertiary/aromatic N) is 4. The van der Waals surface area contributed by atoms with Gasteiger partial charge in [-0.2, -0.15) is 4.98 Å². The molecule has 1 atom stereocenters. The van der Waals surface area contributed by atoms with Crippen molar-refractivity contribution in [2.24, 2.45) is 0 Å². The third-order valence-corrected chi connectivity index (χ3v) is 4.93. The third kappa shape index (κ3) is 2.34. The molecule has 7 heteroatoms. The van der Waals surface area contributed by atoms with Crippen LogP contribution in [0.15, 0.2) is 15.1 Å². The Labute approximate surface area is 133 Å². The van der Waals surface area contributed by atoms with Crippen LogP contribution in [0.2, 0.25) is 0 Å². The van der Waals surface area contributed by atoms with E-state index in [9.17, 15) is 4.79 Å². The molecule has 23 heavy (non-hydrogen) atoms. The topological polar surface area (TPSA) is 85.3 Å². The zero-order chi connectivity index (χ0) is 15.4. The molecule has 0 spiro atoms. The zero-order valence-electron chi connectivity index (χ0n) is 12.8. The molecule has 0 radical (unpaired) electrons. The highest BCUT2D eigenvalue weighted by Gasteiger charge is 2.38. The van der Waals surface area contributed by atoms with Gasteiger partial charge in [0, 0.05) is 24.4 Å². The summed E-state index contributed by atoms with van der Waals surface area (Å²) in [6.45, 7) is 0.691. The third-order valence-electron chi connectivity index (χ3n) is 4.93. The normalized spacial score (nSPS) is 24.3. The van der Waals surface area contributed by atoms with Gasteiger partial charge in [-0.25, -0.2) is 0 Å². The second kappa shape index (κ2) is 4.91.